The Balaban J connectivity index is 1.73. The predicted octanol–water partition coefficient (Wildman–Crippen LogP) is 6.21. The Morgan fingerprint density at radius 2 is 2.08 bits per heavy atom. The number of fused-ring (bicyclic) bond motifs is 1. The molecule has 4 aromatic rings. The Bertz CT molecular complexity index is 1030. The quantitative estimate of drug-likeness (QED) is 0.377. The zero-order valence-corrected chi connectivity index (χ0v) is 16.2. The molecule has 0 radical (unpaired) electrons. The average Bonchev–Trinajstić information content (AvgIpc) is 3.23. The van der Waals surface area contributed by atoms with Crippen LogP contribution in [0.1, 0.15) is 10.6 Å². The first-order valence-electron chi connectivity index (χ1n) is 7.37. The zero-order valence-electron chi connectivity index (χ0n) is 13.0. The first kappa shape index (κ1) is 16.9. The van der Waals surface area contributed by atoms with Crippen LogP contribution in [0.25, 0.3) is 20.8 Å². The van der Waals surface area contributed by atoms with Gasteiger partial charge in [-0.25, -0.2) is 9.37 Å². The van der Waals surface area contributed by atoms with E-state index >= 15 is 0 Å². The summed E-state index contributed by atoms with van der Waals surface area (Å²) in [6, 6.07) is 8.72. The van der Waals surface area contributed by atoms with Crippen molar-refractivity contribution in [2.24, 2.45) is 0 Å². The summed E-state index contributed by atoms with van der Waals surface area (Å²) in [6.45, 7) is 1.96. The van der Waals surface area contributed by atoms with Gasteiger partial charge in [0, 0.05) is 16.3 Å². The van der Waals surface area contributed by atoms with Crippen molar-refractivity contribution in [2.45, 2.75) is 17.7 Å². The van der Waals surface area contributed by atoms with Gasteiger partial charge in [0.15, 0.2) is 0 Å². The van der Waals surface area contributed by atoms with E-state index in [-0.39, 0.29) is 5.82 Å². The van der Waals surface area contributed by atoms with E-state index in [0.29, 0.717) is 21.4 Å². The number of aryl methyl sites for hydroxylation is 1. The van der Waals surface area contributed by atoms with Crippen molar-refractivity contribution in [1.29, 1.82) is 0 Å². The molecule has 126 valence electrons. The third kappa shape index (κ3) is 3.29. The Kier molecular flexibility index (Phi) is 4.73. The molecule has 0 amide bonds. The third-order valence-electron chi connectivity index (χ3n) is 3.56. The van der Waals surface area contributed by atoms with E-state index in [0.717, 1.165) is 25.8 Å². The maximum atomic E-state index is 14.0. The lowest BCUT2D eigenvalue weighted by Crippen LogP contribution is -1.93. The molecule has 0 bridgehead atoms. The molecule has 0 atom stereocenters. The number of thioether (sulfide) groups is 1. The Labute approximate surface area is 160 Å². The van der Waals surface area contributed by atoms with Crippen molar-refractivity contribution < 1.29 is 4.39 Å². The van der Waals surface area contributed by atoms with Crippen molar-refractivity contribution in [3.8, 4) is 10.6 Å². The number of halogens is 2. The molecule has 0 fully saturated rings. The van der Waals surface area contributed by atoms with E-state index in [4.69, 9.17) is 11.6 Å². The normalized spacial score (nSPS) is 11.3. The van der Waals surface area contributed by atoms with Gasteiger partial charge in [0.05, 0.1) is 14.6 Å². The van der Waals surface area contributed by atoms with Crippen LogP contribution in [-0.2, 0) is 5.75 Å². The van der Waals surface area contributed by atoms with Crippen LogP contribution in [0.15, 0.2) is 40.7 Å². The first-order valence-corrected chi connectivity index (χ1v) is 10.4. The van der Waals surface area contributed by atoms with Crippen molar-refractivity contribution in [3.63, 3.8) is 0 Å². The van der Waals surface area contributed by atoms with Gasteiger partial charge in [-0.1, -0.05) is 35.5 Å². The Hall–Kier alpha value is -1.54. The van der Waals surface area contributed by atoms with Gasteiger partial charge in [-0.3, -0.25) is 0 Å². The van der Waals surface area contributed by atoms with Crippen LogP contribution in [0.5, 0.6) is 0 Å². The van der Waals surface area contributed by atoms with Crippen molar-refractivity contribution in [2.75, 3.05) is 0 Å². The fourth-order valence-corrected chi connectivity index (χ4v) is 5.43. The molecule has 0 spiro atoms. The second-order valence-corrected chi connectivity index (χ2v) is 8.75. The number of benzene rings is 1. The number of aromatic nitrogens is 3. The number of hydrogen-bond acceptors (Lipinski definition) is 6. The lowest BCUT2D eigenvalue weighted by atomic mass is 10.2. The molecule has 4 rings (SSSR count). The van der Waals surface area contributed by atoms with Gasteiger partial charge in [0.2, 0.25) is 0 Å². The fraction of sp³-hybridized carbons (Fsp3) is 0.118. The van der Waals surface area contributed by atoms with E-state index in [1.807, 2.05) is 24.4 Å². The van der Waals surface area contributed by atoms with Gasteiger partial charge >= 0.3 is 0 Å². The molecule has 0 N–H and O–H groups in total. The van der Waals surface area contributed by atoms with Crippen LogP contribution < -0.4 is 0 Å². The van der Waals surface area contributed by atoms with E-state index in [2.05, 4.69) is 15.2 Å². The van der Waals surface area contributed by atoms with Crippen molar-refractivity contribution in [3.05, 3.63) is 57.1 Å². The molecular formula is C17H11ClFN3S3. The number of hydrogen-bond donors (Lipinski definition) is 0. The minimum Gasteiger partial charge on any atom is -0.238 e. The van der Waals surface area contributed by atoms with Gasteiger partial charge in [0.25, 0.3) is 0 Å². The molecule has 1 aromatic carbocycles. The van der Waals surface area contributed by atoms with Gasteiger partial charge in [-0.2, -0.15) is 0 Å². The summed E-state index contributed by atoms with van der Waals surface area (Å²) in [4.78, 5) is 5.68. The maximum absolute atomic E-state index is 14.0. The second kappa shape index (κ2) is 6.99. The van der Waals surface area contributed by atoms with Crippen LogP contribution >= 0.6 is 46.0 Å². The summed E-state index contributed by atoms with van der Waals surface area (Å²) >= 11 is 10.7. The predicted molar refractivity (Wildman–Crippen MR) is 104 cm³/mol. The van der Waals surface area contributed by atoms with Crippen molar-refractivity contribution >= 4 is 56.3 Å². The highest BCUT2D eigenvalue weighted by atomic mass is 35.5. The minimum atomic E-state index is -0.311. The zero-order chi connectivity index (χ0) is 17.4. The largest absolute Gasteiger partial charge is 0.238 e. The summed E-state index contributed by atoms with van der Waals surface area (Å²) in [5, 5.41) is 12.8. The molecule has 0 aliphatic rings. The van der Waals surface area contributed by atoms with Gasteiger partial charge in [-0.05, 0) is 30.5 Å². The number of nitrogens with zero attached hydrogens (tertiary/aromatic N) is 3. The summed E-state index contributed by atoms with van der Waals surface area (Å²) in [6.07, 6.45) is 0. The van der Waals surface area contributed by atoms with Gasteiger partial charge in [0.1, 0.15) is 22.1 Å². The van der Waals surface area contributed by atoms with Crippen LogP contribution in [-0.4, -0.2) is 15.2 Å². The number of thiophene rings is 1. The monoisotopic (exact) mass is 407 g/mol. The topological polar surface area (TPSA) is 38.7 Å². The molecular weight excluding hydrogens is 397 g/mol. The summed E-state index contributed by atoms with van der Waals surface area (Å²) in [5.74, 6) is 0.0679. The Morgan fingerprint density at radius 3 is 2.84 bits per heavy atom. The highest BCUT2D eigenvalue weighted by Crippen LogP contribution is 2.38. The Morgan fingerprint density at radius 1 is 1.20 bits per heavy atom. The summed E-state index contributed by atoms with van der Waals surface area (Å²) in [7, 11) is 0. The lowest BCUT2D eigenvalue weighted by molar-refractivity contribution is 0.617. The molecule has 3 heterocycles. The SMILES string of the molecule is Cc1nc2c(SCc3c(F)cccc3Cl)nnc(-c3cccs3)c2s1. The summed E-state index contributed by atoms with van der Waals surface area (Å²) < 4.78 is 15.0. The third-order valence-corrected chi connectivity index (χ3v) is 6.75. The smallest absolute Gasteiger partial charge is 0.146 e. The first-order chi connectivity index (χ1) is 12.1. The second-order valence-electron chi connectivity index (χ2n) is 5.23. The molecule has 0 aliphatic carbocycles. The lowest BCUT2D eigenvalue weighted by Gasteiger charge is -2.06. The highest BCUT2D eigenvalue weighted by Gasteiger charge is 2.17. The standard InChI is InChI=1S/C17H11ClFN3S3/c1-9-20-15-16(25-9)14(13-6-3-7-23-13)21-22-17(15)24-8-10-11(18)4-2-5-12(10)19/h2-7H,8H2,1H3. The molecule has 3 aromatic heterocycles. The van der Waals surface area contributed by atoms with Gasteiger partial charge < -0.3 is 0 Å². The van der Waals surface area contributed by atoms with E-state index in [1.54, 1.807) is 34.8 Å². The van der Waals surface area contributed by atoms with Crippen LogP contribution in [0.4, 0.5) is 4.39 Å². The van der Waals surface area contributed by atoms with Crippen molar-refractivity contribution in [1.82, 2.24) is 15.2 Å². The number of thiazole rings is 1. The molecule has 0 saturated heterocycles. The molecule has 0 saturated carbocycles. The van der Waals surface area contributed by atoms with E-state index in [1.165, 1.54) is 17.8 Å². The molecule has 0 aliphatic heterocycles. The average molecular weight is 408 g/mol. The summed E-state index contributed by atoms with van der Waals surface area (Å²) in [5.41, 5.74) is 2.14. The molecule has 0 unspecified atom stereocenters. The van der Waals surface area contributed by atoms with E-state index in [9.17, 15) is 4.39 Å². The van der Waals surface area contributed by atoms with Crippen LogP contribution in [0, 0.1) is 12.7 Å². The molecule has 3 nitrogen and oxygen atoms in total. The number of rotatable bonds is 4. The van der Waals surface area contributed by atoms with Gasteiger partial charge in [-0.15, -0.1) is 32.9 Å². The van der Waals surface area contributed by atoms with E-state index < -0.39 is 0 Å². The highest BCUT2D eigenvalue weighted by molar-refractivity contribution is 7.98. The van der Waals surface area contributed by atoms with Crippen LogP contribution in [0.3, 0.4) is 0 Å². The maximum Gasteiger partial charge on any atom is 0.146 e. The molecule has 8 heteroatoms. The minimum absolute atomic E-state index is 0.311. The van der Waals surface area contributed by atoms with Crippen LogP contribution in [0.2, 0.25) is 5.02 Å². The fourth-order valence-electron chi connectivity index (χ4n) is 2.40. The molecule has 25 heavy (non-hydrogen) atoms.